The maximum atomic E-state index is 12.7. The van der Waals surface area contributed by atoms with Crippen molar-refractivity contribution in [3.63, 3.8) is 0 Å². The van der Waals surface area contributed by atoms with Gasteiger partial charge >= 0.3 is 6.18 Å². The molecule has 2 heterocycles. The zero-order valence-electron chi connectivity index (χ0n) is 17.5. The van der Waals surface area contributed by atoms with Crippen LogP contribution < -0.4 is 10.6 Å². The number of carbonyl (C=O) groups is 1. The molecule has 0 unspecified atom stereocenters. The molecule has 0 saturated heterocycles. The van der Waals surface area contributed by atoms with E-state index in [1.807, 2.05) is 13.0 Å². The van der Waals surface area contributed by atoms with Gasteiger partial charge in [-0.25, -0.2) is 9.97 Å². The summed E-state index contributed by atoms with van der Waals surface area (Å²) in [6, 6.07) is 15.3. The molecule has 9 heteroatoms. The number of furan rings is 1. The first-order valence-corrected chi connectivity index (χ1v) is 9.98. The molecule has 0 spiro atoms. The number of nitrogens with one attached hydrogen (secondary N) is 2. The number of aromatic nitrogens is 2. The molecule has 6 nitrogen and oxygen atoms in total. The first kappa shape index (κ1) is 22.1. The third-order valence-electron chi connectivity index (χ3n) is 4.80. The van der Waals surface area contributed by atoms with Crippen LogP contribution >= 0.6 is 0 Å². The van der Waals surface area contributed by atoms with Gasteiger partial charge in [0, 0.05) is 29.2 Å². The van der Waals surface area contributed by atoms with Gasteiger partial charge in [0.05, 0.1) is 12.1 Å². The van der Waals surface area contributed by atoms with Gasteiger partial charge in [0.1, 0.15) is 11.5 Å². The molecule has 2 N–H and O–H groups in total. The lowest BCUT2D eigenvalue weighted by Crippen LogP contribution is -2.22. The van der Waals surface area contributed by atoms with Crippen molar-refractivity contribution in [2.45, 2.75) is 19.6 Å². The second-order valence-electron chi connectivity index (χ2n) is 7.27. The summed E-state index contributed by atoms with van der Waals surface area (Å²) in [6.45, 7) is 2.11. The maximum Gasteiger partial charge on any atom is 0.416 e. The van der Waals surface area contributed by atoms with Gasteiger partial charge in [-0.1, -0.05) is 18.2 Å². The Morgan fingerprint density at radius 2 is 1.70 bits per heavy atom. The fraction of sp³-hybridized carbons (Fsp3) is 0.125. The van der Waals surface area contributed by atoms with Crippen molar-refractivity contribution in [2.24, 2.45) is 0 Å². The van der Waals surface area contributed by atoms with Crippen LogP contribution in [0.5, 0.6) is 0 Å². The fourth-order valence-electron chi connectivity index (χ4n) is 3.11. The monoisotopic (exact) mass is 452 g/mol. The Morgan fingerprint density at radius 3 is 2.33 bits per heavy atom. The quantitative estimate of drug-likeness (QED) is 0.390. The standard InChI is InChI=1S/C24H19F3N4O2/c1-15-5-10-21(33-15)14-28-22(32)17-3-2-4-20(11-17)31-23-29-12-18(13-30-23)16-6-8-19(9-7-16)24(25,26)27/h2-13H,14H2,1H3,(H,28,32)(H,29,30,31). The van der Waals surface area contributed by atoms with E-state index in [2.05, 4.69) is 20.6 Å². The lowest BCUT2D eigenvalue weighted by molar-refractivity contribution is -0.137. The zero-order valence-corrected chi connectivity index (χ0v) is 17.5. The highest BCUT2D eigenvalue weighted by molar-refractivity contribution is 5.95. The van der Waals surface area contributed by atoms with E-state index >= 15 is 0 Å². The molecule has 0 aliphatic rings. The Balaban J connectivity index is 1.40. The second kappa shape index (κ2) is 9.15. The van der Waals surface area contributed by atoms with Gasteiger partial charge < -0.3 is 15.1 Å². The Kier molecular flexibility index (Phi) is 6.12. The summed E-state index contributed by atoms with van der Waals surface area (Å²) in [5.41, 5.74) is 1.49. The largest absolute Gasteiger partial charge is 0.465 e. The highest BCUT2D eigenvalue weighted by Crippen LogP contribution is 2.30. The number of benzene rings is 2. The Bertz CT molecular complexity index is 1250. The van der Waals surface area contributed by atoms with Crippen LogP contribution in [0.15, 0.2) is 77.5 Å². The number of carbonyl (C=O) groups excluding carboxylic acids is 1. The predicted octanol–water partition coefficient (Wildman–Crippen LogP) is 5.74. The molecule has 4 aromatic rings. The highest BCUT2D eigenvalue weighted by atomic mass is 19.4. The average Bonchev–Trinajstić information content (AvgIpc) is 3.23. The van der Waals surface area contributed by atoms with Gasteiger partial charge in [0.25, 0.3) is 5.91 Å². The van der Waals surface area contributed by atoms with Crippen LogP contribution in [-0.2, 0) is 12.7 Å². The Labute approximate surface area is 187 Å². The summed E-state index contributed by atoms with van der Waals surface area (Å²) in [4.78, 5) is 20.9. The Morgan fingerprint density at radius 1 is 0.970 bits per heavy atom. The molecule has 0 aliphatic carbocycles. The lowest BCUT2D eigenvalue weighted by Gasteiger charge is -2.09. The summed E-state index contributed by atoms with van der Waals surface area (Å²) < 4.78 is 43.6. The van der Waals surface area contributed by atoms with Crippen LogP contribution in [0.25, 0.3) is 11.1 Å². The summed E-state index contributed by atoms with van der Waals surface area (Å²) in [6.07, 6.45) is -1.36. The second-order valence-corrected chi connectivity index (χ2v) is 7.27. The third-order valence-corrected chi connectivity index (χ3v) is 4.80. The van der Waals surface area contributed by atoms with E-state index in [1.165, 1.54) is 24.5 Å². The van der Waals surface area contributed by atoms with E-state index < -0.39 is 11.7 Å². The molecule has 0 atom stereocenters. The molecule has 1 amide bonds. The van der Waals surface area contributed by atoms with Crippen LogP contribution in [-0.4, -0.2) is 15.9 Å². The van der Waals surface area contributed by atoms with Gasteiger partial charge in [0.2, 0.25) is 5.95 Å². The van der Waals surface area contributed by atoms with Gasteiger partial charge in [-0.3, -0.25) is 4.79 Å². The molecular formula is C24H19F3N4O2. The van der Waals surface area contributed by atoms with Gasteiger partial charge in [-0.15, -0.1) is 0 Å². The number of hydrogen-bond acceptors (Lipinski definition) is 5. The van der Waals surface area contributed by atoms with Crippen LogP contribution in [0, 0.1) is 6.92 Å². The van der Waals surface area contributed by atoms with Crippen LogP contribution in [0.3, 0.4) is 0 Å². The van der Waals surface area contributed by atoms with Crippen molar-refractivity contribution in [1.82, 2.24) is 15.3 Å². The molecule has 0 radical (unpaired) electrons. The first-order valence-electron chi connectivity index (χ1n) is 9.98. The van der Waals surface area contributed by atoms with Crippen LogP contribution in [0.4, 0.5) is 24.8 Å². The number of nitrogens with zero attached hydrogens (tertiary/aromatic N) is 2. The fourth-order valence-corrected chi connectivity index (χ4v) is 3.11. The van der Waals surface area contributed by atoms with Crippen molar-refractivity contribution in [3.05, 3.63) is 95.7 Å². The SMILES string of the molecule is Cc1ccc(CNC(=O)c2cccc(Nc3ncc(-c4ccc(C(F)(F)F)cc4)cn3)c2)o1. The van der Waals surface area contributed by atoms with Crippen LogP contribution in [0.2, 0.25) is 0 Å². The lowest BCUT2D eigenvalue weighted by atomic mass is 10.1. The molecule has 0 saturated carbocycles. The normalized spacial score (nSPS) is 11.3. The molecular weight excluding hydrogens is 433 g/mol. The summed E-state index contributed by atoms with van der Waals surface area (Å²) in [5, 5.41) is 5.81. The number of halogens is 3. The minimum Gasteiger partial charge on any atom is -0.465 e. The average molecular weight is 452 g/mol. The molecule has 0 fully saturated rings. The summed E-state index contributed by atoms with van der Waals surface area (Å²) in [5.74, 6) is 1.46. The van der Waals surface area contributed by atoms with Crippen molar-refractivity contribution in [1.29, 1.82) is 0 Å². The number of aryl methyl sites for hydroxylation is 1. The minimum atomic E-state index is -4.38. The smallest absolute Gasteiger partial charge is 0.416 e. The first-order chi connectivity index (χ1) is 15.8. The highest BCUT2D eigenvalue weighted by Gasteiger charge is 2.29. The van der Waals surface area contributed by atoms with Crippen molar-refractivity contribution in [2.75, 3.05) is 5.32 Å². The molecule has 33 heavy (non-hydrogen) atoms. The number of anilines is 2. The van der Waals surface area contributed by atoms with E-state index in [9.17, 15) is 18.0 Å². The number of amides is 1. The van der Waals surface area contributed by atoms with E-state index in [0.717, 1.165) is 17.9 Å². The van der Waals surface area contributed by atoms with E-state index in [0.29, 0.717) is 28.1 Å². The minimum absolute atomic E-state index is 0.258. The summed E-state index contributed by atoms with van der Waals surface area (Å²) in [7, 11) is 0. The van der Waals surface area contributed by atoms with Gasteiger partial charge in [-0.05, 0) is 55.0 Å². The zero-order chi connectivity index (χ0) is 23.4. The molecule has 168 valence electrons. The van der Waals surface area contributed by atoms with E-state index in [-0.39, 0.29) is 18.4 Å². The van der Waals surface area contributed by atoms with Crippen molar-refractivity contribution < 1.29 is 22.4 Å². The van der Waals surface area contributed by atoms with Crippen LogP contribution in [0.1, 0.15) is 27.4 Å². The Hall–Kier alpha value is -4.14. The number of alkyl halides is 3. The van der Waals surface area contributed by atoms with Crippen molar-refractivity contribution >= 4 is 17.5 Å². The molecule has 2 aromatic heterocycles. The van der Waals surface area contributed by atoms with E-state index in [1.54, 1.807) is 30.3 Å². The molecule has 0 bridgehead atoms. The van der Waals surface area contributed by atoms with E-state index in [4.69, 9.17) is 4.42 Å². The topological polar surface area (TPSA) is 80.0 Å². The molecule has 2 aromatic carbocycles. The number of hydrogen-bond donors (Lipinski definition) is 2. The predicted molar refractivity (Wildman–Crippen MR) is 117 cm³/mol. The maximum absolute atomic E-state index is 12.7. The summed E-state index contributed by atoms with van der Waals surface area (Å²) >= 11 is 0. The van der Waals surface area contributed by atoms with Crippen molar-refractivity contribution in [3.8, 4) is 11.1 Å². The van der Waals surface area contributed by atoms with Gasteiger partial charge in [-0.2, -0.15) is 13.2 Å². The van der Waals surface area contributed by atoms with Gasteiger partial charge in [0.15, 0.2) is 0 Å². The molecule has 0 aliphatic heterocycles. The number of rotatable bonds is 6. The molecule has 4 rings (SSSR count). The third kappa shape index (κ3) is 5.57.